The minimum absolute atomic E-state index is 0.0227. The predicted molar refractivity (Wildman–Crippen MR) is 110 cm³/mol. The maximum atomic E-state index is 12.6. The van der Waals surface area contributed by atoms with Crippen molar-refractivity contribution in [3.05, 3.63) is 35.2 Å². The van der Waals surface area contributed by atoms with Crippen LogP contribution in [-0.2, 0) is 14.8 Å². The molecule has 0 bridgehead atoms. The molecule has 1 unspecified atom stereocenters. The van der Waals surface area contributed by atoms with Gasteiger partial charge in [-0.2, -0.15) is 0 Å². The van der Waals surface area contributed by atoms with Gasteiger partial charge < -0.3 is 10.2 Å². The summed E-state index contributed by atoms with van der Waals surface area (Å²) in [5, 5.41) is 6.50. The fourth-order valence-electron chi connectivity index (χ4n) is 3.62. The third-order valence-corrected chi connectivity index (χ3v) is 7.54. The number of piperidine rings is 1. The average Bonchev–Trinajstić information content (AvgIpc) is 3.05. The van der Waals surface area contributed by atoms with Crippen molar-refractivity contribution in [3.8, 4) is 0 Å². The molecule has 1 fully saturated rings. The molecule has 2 aromatic rings. The summed E-state index contributed by atoms with van der Waals surface area (Å²) in [6.07, 6.45) is 2.38. The van der Waals surface area contributed by atoms with E-state index < -0.39 is 10.0 Å². The summed E-state index contributed by atoms with van der Waals surface area (Å²) in [6.45, 7) is 1.38. The van der Waals surface area contributed by atoms with E-state index in [4.69, 9.17) is 0 Å². The van der Waals surface area contributed by atoms with Crippen LogP contribution in [0.25, 0.3) is 10.1 Å². The van der Waals surface area contributed by atoms with Gasteiger partial charge in [-0.05, 0) is 49.3 Å². The van der Waals surface area contributed by atoms with Gasteiger partial charge in [-0.15, -0.1) is 11.3 Å². The van der Waals surface area contributed by atoms with Crippen LogP contribution in [0.3, 0.4) is 0 Å². The Morgan fingerprint density at radius 3 is 2.59 bits per heavy atom. The van der Waals surface area contributed by atoms with E-state index in [0.717, 1.165) is 0 Å². The normalized spacial score (nSPS) is 18.1. The monoisotopic (exact) mass is 409 g/mol. The lowest BCUT2D eigenvalue weighted by atomic mass is 9.97. The Labute approximate surface area is 165 Å². The molecule has 0 radical (unpaired) electrons. The van der Waals surface area contributed by atoms with Crippen molar-refractivity contribution in [2.24, 2.45) is 5.92 Å². The summed E-state index contributed by atoms with van der Waals surface area (Å²) in [7, 11) is 0.877. The zero-order valence-electron chi connectivity index (χ0n) is 16.0. The van der Waals surface area contributed by atoms with E-state index in [9.17, 15) is 13.2 Å². The van der Waals surface area contributed by atoms with Crippen molar-refractivity contribution >= 4 is 37.4 Å². The highest BCUT2D eigenvalue weighted by Gasteiger charge is 2.29. The molecule has 2 heterocycles. The number of rotatable bonds is 6. The van der Waals surface area contributed by atoms with Crippen LogP contribution in [0.2, 0.25) is 0 Å². The first-order valence-electron chi connectivity index (χ1n) is 9.12. The van der Waals surface area contributed by atoms with E-state index in [-0.39, 0.29) is 17.9 Å². The topological polar surface area (TPSA) is 69.7 Å². The third-order valence-electron chi connectivity index (χ3n) is 5.26. The predicted octanol–water partition coefficient (Wildman–Crippen LogP) is 2.29. The van der Waals surface area contributed by atoms with Crippen molar-refractivity contribution < 1.29 is 13.2 Å². The van der Waals surface area contributed by atoms with Gasteiger partial charge in [-0.25, -0.2) is 12.7 Å². The highest BCUT2D eigenvalue weighted by atomic mass is 32.2. The number of nitrogens with zero attached hydrogens (tertiary/aromatic N) is 2. The Kier molecular flexibility index (Phi) is 6.20. The van der Waals surface area contributed by atoms with Gasteiger partial charge >= 0.3 is 0 Å². The second kappa shape index (κ2) is 8.26. The first kappa shape index (κ1) is 20.3. The molecule has 1 aromatic carbocycles. The molecule has 1 aliphatic rings. The standard InChI is InChI=1S/C19H27N3O3S2/c1-21(2)17(16-13-26-18-7-5-4-6-15(16)18)12-20-19(23)14-8-10-22(11-9-14)27(3,24)25/h4-7,13-14,17H,8-12H2,1-3H3,(H,20,23). The van der Waals surface area contributed by atoms with Crippen LogP contribution >= 0.6 is 11.3 Å². The molecule has 1 saturated heterocycles. The van der Waals surface area contributed by atoms with Crippen molar-refractivity contribution in [3.63, 3.8) is 0 Å². The van der Waals surface area contributed by atoms with Gasteiger partial charge in [0.15, 0.2) is 0 Å². The molecule has 8 heteroatoms. The third kappa shape index (κ3) is 4.68. The van der Waals surface area contributed by atoms with Gasteiger partial charge in [0.2, 0.25) is 15.9 Å². The Hall–Kier alpha value is -1.48. The summed E-state index contributed by atoms with van der Waals surface area (Å²) >= 11 is 1.72. The number of nitrogens with one attached hydrogen (secondary N) is 1. The molecule has 148 valence electrons. The molecule has 27 heavy (non-hydrogen) atoms. The largest absolute Gasteiger partial charge is 0.354 e. The lowest BCUT2D eigenvalue weighted by molar-refractivity contribution is -0.126. The highest BCUT2D eigenvalue weighted by Crippen LogP contribution is 2.32. The smallest absolute Gasteiger partial charge is 0.223 e. The highest BCUT2D eigenvalue weighted by molar-refractivity contribution is 7.88. The van der Waals surface area contributed by atoms with E-state index in [1.165, 1.54) is 26.2 Å². The zero-order chi connectivity index (χ0) is 19.6. The summed E-state index contributed by atoms with van der Waals surface area (Å²) in [4.78, 5) is 14.7. The number of likely N-dealkylation sites (N-methyl/N-ethyl adjacent to an activating group) is 1. The number of sulfonamides is 1. The first-order chi connectivity index (χ1) is 12.8. The van der Waals surface area contributed by atoms with Gasteiger partial charge in [0.25, 0.3) is 0 Å². The SMILES string of the molecule is CN(C)C(CNC(=O)C1CCN(S(C)(=O)=O)CC1)c1csc2ccccc12. The summed E-state index contributed by atoms with van der Waals surface area (Å²) in [5.41, 5.74) is 1.23. The van der Waals surface area contributed by atoms with E-state index in [1.54, 1.807) is 11.3 Å². The van der Waals surface area contributed by atoms with Gasteiger partial charge in [-0.3, -0.25) is 4.79 Å². The zero-order valence-corrected chi connectivity index (χ0v) is 17.6. The molecule has 1 aliphatic heterocycles. The number of hydrogen-bond acceptors (Lipinski definition) is 5. The molecular formula is C19H27N3O3S2. The molecule has 1 atom stereocenters. The van der Waals surface area contributed by atoms with Crippen LogP contribution in [-0.4, -0.2) is 63.5 Å². The van der Waals surface area contributed by atoms with Crippen molar-refractivity contribution in [1.82, 2.24) is 14.5 Å². The van der Waals surface area contributed by atoms with E-state index >= 15 is 0 Å². The van der Waals surface area contributed by atoms with Gasteiger partial charge in [0.05, 0.1) is 12.3 Å². The Bertz CT molecular complexity index is 900. The molecule has 0 saturated carbocycles. The van der Waals surface area contributed by atoms with Crippen LogP contribution in [0.4, 0.5) is 0 Å². The van der Waals surface area contributed by atoms with Crippen LogP contribution in [0.1, 0.15) is 24.4 Å². The van der Waals surface area contributed by atoms with Crippen molar-refractivity contribution in [2.45, 2.75) is 18.9 Å². The first-order valence-corrected chi connectivity index (χ1v) is 11.9. The number of benzene rings is 1. The van der Waals surface area contributed by atoms with Crippen molar-refractivity contribution in [1.29, 1.82) is 0 Å². The molecule has 1 aromatic heterocycles. The molecular weight excluding hydrogens is 382 g/mol. The molecule has 0 aliphatic carbocycles. The van der Waals surface area contributed by atoms with Crippen LogP contribution in [0, 0.1) is 5.92 Å². The van der Waals surface area contributed by atoms with Gasteiger partial charge in [0, 0.05) is 30.3 Å². The quantitative estimate of drug-likeness (QED) is 0.795. The van der Waals surface area contributed by atoms with Crippen LogP contribution in [0.15, 0.2) is 29.6 Å². The molecule has 0 spiro atoms. The average molecular weight is 410 g/mol. The lowest BCUT2D eigenvalue weighted by Gasteiger charge is -2.30. The fourth-order valence-corrected chi connectivity index (χ4v) is 5.50. The molecule has 1 N–H and O–H groups in total. The van der Waals surface area contributed by atoms with E-state index in [1.807, 2.05) is 26.2 Å². The number of hydrogen-bond donors (Lipinski definition) is 1. The Balaban J connectivity index is 1.63. The Morgan fingerprint density at radius 1 is 1.30 bits per heavy atom. The number of thiophene rings is 1. The van der Waals surface area contributed by atoms with Gasteiger partial charge in [0.1, 0.15) is 0 Å². The van der Waals surface area contributed by atoms with Crippen LogP contribution < -0.4 is 5.32 Å². The van der Waals surface area contributed by atoms with Crippen molar-refractivity contribution in [2.75, 3.05) is 40.0 Å². The summed E-state index contributed by atoms with van der Waals surface area (Å²) in [6, 6.07) is 8.42. The fraction of sp³-hybridized carbons (Fsp3) is 0.526. The second-order valence-electron chi connectivity index (χ2n) is 7.35. The van der Waals surface area contributed by atoms with Gasteiger partial charge in [-0.1, -0.05) is 18.2 Å². The minimum Gasteiger partial charge on any atom is -0.354 e. The maximum Gasteiger partial charge on any atom is 0.223 e. The summed E-state index contributed by atoms with van der Waals surface area (Å²) in [5.74, 6) is -0.0976. The molecule has 1 amide bonds. The van der Waals surface area contributed by atoms with E-state index in [0.29, 0.717) is 32.5 Å². The lowest BCUT2D eigenvalue weighted by Crippen LogP contribution is -2.44. The summed E-state index contributed by atoms with van der Waals surface area (Å²) < 4.78 is 25.9. The number of fused-ring (bicyclic) bond motifs is 1. The number of carbonyl (C=O) groups excluding carboxylic acids is 1. The number of amides is 1. The minimum atomic E-state index is -3.17. The van der Waals surface area contributed by atoms with E-state index in [2.05, 4.69) is 27.7 Å². The maximum absolute atomic E-state index is 12.6. The second-order valence-corrected chi connectivity index (χ2v) is 10.2. The number of carbonyl (C=O) groups is 1. The molecule has 6 nitrogen and oxygen atoms in total. The van der Waals surface area contributed by atoms with Crippen LogP contribution in [0.5, 0.6) is 0 Å². The molecule has 3 rings (SSSR count). The Morgan fingerprint density at radius 2 is 1.96 bits per heavy atom.